The predicted octanol–water partition coefficient (Wildman–Crippen LogP) is 3.87. The molecule has 0 N–H and O–H groups in total. The summed E-state index contributed by atoms with van der Waals surface area (Å²) in [7, 11) is 3.89. The van der Waals surface area contributed by atoms with E-state index in [0.29, 0.717) is 0 Å². The van der Waals surface area contributed by atoms with Crippen molar-refractivity contribution in [1.82, 2.24) is 0 Å². The molecule has 0 saturated heterocycles. The monoisotopic (exact) mass is 253 g/mol. The molecule has 1 aliphatic heterocycles. The quantitative estimate of drug-likeness (QED) is 0.805. The number of methoxy groups -OCH3 is 1. The second kappa shape index (κ2) is 4.61. The van der Waals surface area contributed by atoms with Gasteiger partial charge < -0.3 is 9.64 Å². The zero-order valence-corrected chi connectivity index (χ0v) is 11.7. The molecular weight excluding hydrogens is 234 g/mol. The SMILES string of the molecule is CCc1cccc2c1N(C)Cc1cc(OC)ccc1-2. The topological polar surface area (TPSA) is 12.5 Å². The molecule has 0 atom stereocenters. The van der Waals surface area contributed by atoms with Crippen molar-refractivity contribution in [3.8, 4) is 16.9 Å². The minimum absolute atomic E-state index is 0.933. The molecule has 0 aliphatic carbocycles. The molecule has 0 aromatic heterocycles. The summed E-state index contributed by atoms with van der Waals surface area (Å²) in [6.07, 6.45) is 1.07. The van der Waals surface area contributed by atoms with Crippen molar-refractivity contribution in [2.45, 2.75) is 19.9 Å². The third-order valence-electron chi connectivity index (χ3n) is 3.89. The van der Waals surface area contributed by atoms with Crippen molar-refractivity contribution in [2.24, 2.45) is 0 Å². The van der Waals surface area contributed by atoms with Gasteiger partial charge in [0.15, 0.2) is 0 Å². The smallest absolute Gasteiger partial charge is 0.119 e. The van der Waals surface area contributed by atoms with Gasteiger partial charge in [-0.3, -0.25) is 0 Å². The van der Waals surface area contributed by atoms with Gasteiger partial charge in [-0.25, -0.2) is 0 Å². The number of hydrogen-bond donors (Lipinski definition) is 0. The lowest BCUT2D eigenvalue weighted by molar-refractivity contribution is 0.414. The second-order valence-electron chi connectivity index (χ2n) is 5.05. The Morgan fingerprint density at radius 3 is 2.74 bits per heavy atom. The van der Waals surface area contributed by atoms with E-state index in [9.17, 15) is 0 Å². The van der Waals surface area contributed by atoms with Crippen molar-refractivity contribution in [3.05, 3.63) is 47.5 Å². The lowest BCUT2D eigenvalue weighted by Gasteiger charge is -2.31. The van der Waals surface area contributed by atoms with E-state index in [2.05, 4.69) is 49.2 Å². The van der Waals surface area contributed by atoms with Crippen LogP contribution in [-0.2, 0) is 13.0 Å². The Balaban J connectivity index is 2.22. The van der Waals surface area contributed by atoms with Crippen LogP contribution in [0.2, 0.25) is 0 Å². The highest BCUT2D eigenvalue weighted by Gasteiger charge is 2.21. The van der Waals surface area contributed by atoms with E-state index in [-0.39, 0.29) is 0 Å². The number of fused-ring (bicyclic) bond motifs is 3. The third-order valence-corrected chi connectivity index (χ3v) is 3.89. The minimum atomic E-state index is 0.933. The number of hydrogen-bond acceptors (Lipinski definition) is 2. The van der Waals surface area contributed by atoms with Crippen LogP contribution in [0, 0.1) is 0 Å². The van der Waals surface area contributed by atoms with Crippen LogP contribution in [0.25, 0.3) is 11.1 Å². The average molecular weight is 253 g/mol. The maximum atomic E-state index is 5.33. The molecule has 2 aromatic carbocycles. The van der Waals surface area contributed by atoms with Crippen molar-refractivity contribution in [3.63, 3.8) is 0 Å². The molecule has 0 spiro atoms. The fraction of sp³-hybridized carbons (Fsp3) is 0.294. The minimum Gasteiger partial charge on any atom is -0.497 e. The molecule has 2 heteroatoms. The number of rotatable bonds is 2. The molecule has 0 radical (unpaired) electrons. The van der Waals surface area contributed by atoms with E-state index in [4.69, 9.17) is 4.74 Å². The molecule has 0 saturated carbocycles. The highest BCUT2D eigenvalue weighted by atomic mass is 16.5. The average Bonchev–Trinajstić information content (AvgIpc) is 2.46. The number of benzene rings is 2. The molecule has 1 heterocycles. The van der Waals surface area contributed by atoms with Crippen molar-refractivity contribution >= 4 is 5.69 Å². The first-order valence-corrected chi connectivity index (χ1v) is 6.75. The van der Waals surface area contributed by atoms with E-state index < -0.39 is 0 Å². The van der Waals surface area contributed by atoms with E-state index in [1.807, 2.05) is 6.07 Å². The van der Waals surface area contributed by atoms with Crippen LogP contribution in [0.4, 0.5) is 5.69 Å². The van der Waals surface area contributed by atoms with Crippen LogP contribution in [0.1, 0.15) is 18.1 Å². The lowest BCUT2D eigenvalue weighted by atomic mass is 9.90. The maximum Gasteiger partial charge on any atom is 0.119 e. The number of aryl methyl sites for hydroxylation is 1. The molecule has 1 aliphatic rings. The summed E-state index contributed by atoms with van der Waals surface area (Å²) in [5, 5.41) is 0. The molecule has 0 unspecified atom stereocenters. The summed E-state index contributed by atoms with van der Waals surface area (Å²) < 4.78 is 5.33. The van der Waals surface area contributed by atoms with Crippen molar-refractivity contribution < 1.29 is 4.74 Å². The van der Waals surface area contributed by atoms with Crippen molar-refractivity contribution in [1.29, 1.82) is 0 Å². The summed E-state index contributed by atoms with van der Waals surface area (Å²) in [5.41, 5.74) is 6.81. The second-order valence-corrected chi connectivity index (χ2v) is 5.05. The number of anilines is 1. The lowest BCUT2D eigenvalue weighted by Crippen LogP contribution is -2.23. The van der Waals surface area contributed by atoms with Crippen LogP contribution in [0.5, 0.6) is 5.75 Å². The highest BCUT2D eigenvalue weighted by Crippen LogP contribution is 2.41. The highest BCUT2D eigenvalue weighted by molar-refractivity contribution is 5.85. The van der Waals surface area contributed by atoms with Gasteiger partial charge in [-0.2, -0.15) is 0 Å². The summed E-state index contributed by atoms with van der Waals surface area (Å²) in [6, 6.07) is 13.0. The van der Waals surface area contributed by atoms with Gasteiger partial charge in [0.1, 0.15) is 5.75 Å². The normalized spacial score (nSPS) is 12.9. The van der Waals surface area contributed by atoms with Gasteiger partial charge in [0.05, 0.1) is 7.11 Å². The van der Waals surface area contributed by atoms with Gasteiger partial charge in [0.25, 0.3) is 0 Å². The Bertz CT molecular complexity index is 619. The zero-order valence-electron chi connectivity index (χ0n) is 11.7. The van der Waals surface area contributed by atoms with Crippen LogP contribution in [-0.4, -0.2) is 14.2 Å². The molecule has 2 aromatic rings. The zero-order chi connectivity index (χ0) is 13.4. The Morgan fingerprint density at radius 2 is 2.00 bits per heavy atom. The van der Waals surface area contributed by atoms with E-state index in [1.165, 1.54) is 27.9 Å². The van der Waals surface area contributed by atoms with Crippen LogP contribution in [0.3, 0.4) is 0 Å². The van der Waals surface area contributed by atoms with Crippen LogP contribution < -0.4 is 9.64 Å². The Labute approximate surface area is 114 Å². The first-order valence-electron chi connectivity index (χ1n) is 6.75. The molecule has 3 rings (SSSR count). The van der Waals surface area contributed by atoms with Gasteiger partial charge in [-0.15, -0.1) is 0 Å². The van der Waals surface area contributed by atoms with E-state index >= 15 is 0 Å². The molecule has 0 amide bonds. The summed E-state index contributed by atoms with van der Waals surface area (Å²) in [4.78, 5) is 2.34. The fourth-order valence-corrected chi connectivity index (χ4v) is 2.97. The summed E-state index contributed by atoms with van der Waals surface area (Å²) in [5.74, 6) is 0.933. The molecule has 0 bridgehead atoms. The molecule has 2 nitrogen and oxygen atoms in total. The summed E-state index contributed by atoms with van der Waals surface area (Å²) in [6.45, 7) is 3.16. The van der Waals surface area contributed by atoms with Gasteiger partial charge >= 0.3 is 0 Å². The Kier molecular flexibility index (Phi) is 2.94. The predicted molar refractivity (Wildman–Crippen MR) is 79.9 cm³/mol. The van der Waals surface area contributed by atoms with Crippen LogP contribution >= 0.6 is 0 Å². The summed E-state index contributed by atoms with van der Waals surface area (Å²) >= 11 is 0. The van der Waals surface area contributed by atoms with Gasteiger partial charge in [0, 0.05) is 24.8 Å². The number of ether oxygens (including phenoxy) is 1. The largest absolute Gasteiger partial charge is 0.497 e. The number of nitrogens with zero attached hydrogens (tertiary/aromatic N) is 1. The molecule has 19 heavy (non-hydrogen) atoms. The molecule has 0 fully saturated rings. The molecule has 98 valence electrons. The maximum absolute atomic E-state index is 5.33. The third kappa shape index (κ3) is 1.88. The van der Waals surface area contributed by atoms with Gasteiger partial charge in [0.2, 0.25) is 0 Å². The Morgan fingerprint density at radius 1 is 1.16 bits per heavy atom. The first-order chi connectivity index (χ1) is 9.24. The standard InChI is InChI=1S/C17H19NO/c1-4-12-6-5-7-16-15-9-8-14(19-3)10-13(15)11-18(2)17(12)16/h5-10H,4,11H2,1-3H3. The first kappa shape index (κ1) is 12.1. The Hall–Kier alpha value is -1.96. The molecular formula is C17H19NO. The van der Waals surface area contributed by atoms with Gasteiger partial charge in [-0.1, -0.05) is 31.2 Å². The van der Waals surface area contributed by atoms with E-state index in [0.717, 1.165) is 18.7 Å². The van der Waals surface area contributed by atoms with E-state index in [1.54, 1.807) is 7.11 Å². The number of para-hydroxylation sites is 1. The van der Waals surface area contributed by atoms with Crippen LogP contribution in [0.15, 0.2) is 36.4 Å². The fourth-order valence-electron chi connectivity index (χ4n) is 2.97. The van der Waals surface area contributed by atoms with Crippen molar-refractivity contribution in [2.75, 3.05) is 19.1 Å². The van der Waals surface area contributed by atoms with Gasteiger partial charge in [-0.05, 0) is 35.2 Å².